The summed E-state index contributed by atoms with van der Waals surface area (Å²) in [6.45, 7) is 1.51. The maximum Gasteiger partial charge on any atom is 0.303 e. The number of carbonyl (C=O) groups excluding carboxylic acids is 1. The van der Waals surface area contributed by atoms with Gasteiger partial charge in [0.05, 0.1) is 6.61 Å². The summed E-state index contributed by atoms with van der Waals surface area (Å²) in [5, 5.41) is 10.6. The molecule has 3 rings (SSSR count). The number of aliphatic hydroxyl groups excluding tert-OH is 1. The summed E-state index contributed by atoms with van der Waals surface area (Å²) in [6.07, 6.45) is -4.67. The van der Waals surface area contributed by atoms with Crippen LogP contribution in [0, 0.1) is 0 Å². The molecule has 6 atom stereocenters. The van der Waals surface area contributed by atoms with Crippen molar-refractivity contribution in [2.45, 2.75) is 43.9 Å². The molecule has 0 saturated carbocycles. The van der Waals surface area contributed by atoms with E-state index in [0.29, 0.717) is 0 Å². The van der Waals surface area contributed by atoms with E-state index in [9.17, 15) is 9.90 Å². The maximum absolute atomic E-state index is 11.3. The minimum atomic E-state index is -1.07. The zero-order valence-corrected chi connectivity index (χ0v) is 13.0. The molecule has 0 spiro atoms. The molecule has 2 fully saturated rings. The fourth-order valence-electron chi connectivity index (χ4n) is 2.85. The number of methoxy groups -OCH3 is 1. The van der Waals surface area contributed by atoms with Crippen LogP contribution in [0.3, 0.4) is 0 Å². The van der Waals surface area contributed by atoms with Crippen molar-refractivity contribution in [3.05, 3.63) is 35.9 Å². The largest absolute Gasteiger partial charge is 0.454 e. The van der Waals surface area contributed by atoms with Crippen molar-refractivity contribution in [3.63, 3.8) is 0 Å². The topological polar surface area (TPSA) is 83.5 Å². The first kappa shape index (κ1) is 16.4. The maximum atomic E-state index is 11.3. The van der Waals surface area contributed by atoms with Crippen LogP contribution in [0.4, 0.5) is 0 Å². The number of hydrogen-bond donors (Lipinski definition) is 1. The van der Waals surface area contributed by atoms with Gasteiger partial charge in [0.1, 0.15) is 18.3 Å². The van der Waals surface area contributed by atoms with Gasteiger partial charge in [0.2, 0.25) is 0 Å². The molecule has 0 amide bonds. The van der Waals surface area contributed by atoms with E-state index in [2.05, 4.69) is 0 Å². The van der Waals surface area contributed by atoms with Crippen LogP contribution in [-0.2, 0) is 28.5 Å². The zero-order chi connectivity index (χ0) is 16.4. The lowest BCUT2D eigenvalue weighted by Crippen LogP contribution is -2.63. The number of esters is 1. The van der Waals surface area contributed by atoms with Crippen LogP contribution in [0.5, 0.6) is 0 Å². The number of aliphatic hydroxyl groups is 1. The van der Waals surface area contributed by atoms with Crippen LogP contribution in [0.2, 0.25) is 0 Å². The number of ether oxygens (including phenoxy) is 5. The van der Waals surface area contributed by atoms with Gasteiger partial charge < -0.3 is 28.8 Å². The molecule has 0 radical (unpaired) electrons. The van der Waals surface area contributed by atoms with Crippen molar-refractivity contribution in [2.75, 3.05) is 13.7 Å². The average Bonchev–Trinajstić information content (AvgIpc) is 2.57. The van der Waals surface area contributed by atoms with Crippen molar-refractivity contribution in [1.29, 1.82) is 0 Å². The Morgan fingerprint density at radius 1 is 1.26 bits per heavy atom. The first-order valence-corrected chi connectivity index (χ1v) is 7.45. The first-order valence-electron chi connectivity index (χ1n) is 7.45. The SMILES string of the molecule is COC1OC2COC(c3ccccc3)OC2[C@H](O)[C@H]1OC(C)=O. The molecule has 1 N–H and O–H groups in total. The average molecular weight is 324 g/mol. The van der Waals surface area contributed by atoms with Crippen molar-refractivity contribution < 1.29 is 33.6 Å². The Morgan fingerprint density at radius 2 is 2.00 bits per heavy atom. The van der Waals surface area contributed by atoms with Gasteiger partial charge in [-0.05, 0) is 0 Å². The Balaban J connectivity index is 1.76. The molecular weight excluding hydrogens is 304 g/mol. The molecule has 2 aliphatic heterocycles. The van der Waals surface area contributed by atoms with Crippen LogP contribution in [-0.4, -0.2) is 55.5 Å². The first-order chi connectivity index (χ1) is 11.1. The predicted octanol–water partition coefficient (Wildman–Crippen LogP) is 0.764. The monoisotopic (exact) mass is 324 g/mol. The highest BCUT2D eigenvalue weighted by Crippen LogP contribution is 2.35. The molecule has 7 nitrogen and oxygen atoms in total. The van der Waals surface area contributed by atoms with Crippen LogP contribution in [0.1, 0.15) is 18.8 Å². The summed E-state index contributed by atoms with van der Waals surface area (Å²) in [6, 6.07) is 9.41. The third-order valence-electron chi connectivity index (χ3n) is 3.92. The highest BCUT2D eigenvalue weighted by atomic mass is 16.8. The van der Waals surface area contributed by atoms with Gasteiger partial charge in [-0.25, -0.2) is 0 Å². The number of fused-ring (bicyclic) bond motifs is 1. The molecule has 0 bridgehead atoms. The lowest BCUT2D eigenvalue weighted by Gasteiger charge is -2.46. The van der Waals surface area contributed by atoms with Gasteiger partial charge in [0, 0.05) is 19.6 Å². The fourth-order valence-corrected chi connectivity index (χ4v) is 2.85. The van der Waals surface area contributed by atoms with Crippen LogP contribution in [0.15, 0.2) is 30.3 Å². The smallest absolute Gasteiger partial charge is 0.303 e. The van der Waals surface area contributed by atoms with Gasteiger partial charge in [0.15, 0.2) is 18.7 Å². The lowest BCUT2D eigenvalue weighted by atomic mass is 9.97. The summed E-state index contributed by atoms with van der Waals surface area (Å²) < 4.78 is 27.5. The van der Waals surface area contributed by atoms with Gasteiger partial charge in [-0.3, -0.25) is 4.79 Å². The van der Waals surface area contributed by atoms with E-state index in [1.165, 1.54) is 14.0 Å². The Hall–Kier alpha value is -1.51. The number of hydrogen-bond acceptors (Lipinski definition) is 7. The highest BCUT2D eigenvalue weighted by Gasteiger charge is 2.51. The summed E-state index contributed by atoms with van der Waals surface area (Å²) in [7, 11) is 1.42. The van der Waals surface area contributed by atoms with Crippen LogP contribution < -0.4 is 0 Å². The molecule has 1 aromatic carbocycles. The van der Waals surface area contributed by atoms with E-state index in [-0.39, 0.29) is 6.61 Å². The molecule has 23 heavy (non-hydrogen) atoms. The summed E-state index contributed by atoms with van der Waals surface area (Å²) in [5.41, 5.74) is 0.844. The van der Waals surface area contributed by atoms with E-state index in [1.54, 1.807) is 0 Å². The van der Waals surface area contributed by atoms with Crippen molar-refractivity contribution in [3.8, 4) is 0 Å². The normalized spacial score (nSPS) is 37.0. The quantitative estimate of drug-likeness (QED) is 0.822. The Morgan fingerprint density at radius 3 is 2.65 bits per heavy atom. The van der Waals surface area contributed by atoms with Gasteiger partial charge >= 0.3 is 5.97 Å². The molecule has 2 aliphatic rings. The van der Waals surface area contributed by atoms with E-state index in [1.807, 2.05) is 30.3 Å². The number of rotatable bonds is 3. The zero-order valence-electron chi connectivity index (χ0n) is 13.0. The van der Waals surface area contributed by atoms with Crippen LogP contribution in [0.25, 0.3) is 0 Å². The summed E-state index contributed by atoms with van der Waals surface area (Å²) >= 11 is 0. The Bertz CT molecular complexity index is 534. The molecule has 2 saturated heterocycles. The molecule has 126 valence electrons. The molecule has 0 aliphatic carbocycles. The Labute approximate surface area is 134 Å². The molecule has 2 heterocycles. The highest BCUT2D eigenvalue weighted by molar-refractivity contribution is 5.66. The second kappa shape index (κ2) is 6.94. The third-order valence-corrected chi connectivity index (χ3v) is 3.92. The van der Waals surface area contributed by atoms with Crippen molar-refractivity contribution in [1.82, 2.24) is 0 Å². The second-order valence-electron chi connectivity index (χ2n) is 5.52. The van der Waals surface area contributed by atoms with Crippen molar-refractivity contribution in [2.24, 2.45) is 0 Å². The summed E-state index contributed by atoms with van der Waals surface area (Å²) in [4.78, 5) is 11.3. The van der Waals surface area contributed by atoms with Crippen LogP contribution >= 0.6 is 0 Å². The molecule has 0 aromatic heterocycles. The van der Waals surface area contributed by atoms with Crippen molar-refractivity contribution >= 4 is 5.97 Å². The predicted molar refractivity (Wildman–Crippen MR) is 77.2 cm³/mol. The second-order valence-corrected chi connectivity index (χ2v) is 5.52. The van der Waals surface area contributed by atoms with Gasteiger partial charge in [-0.15, -0.1) is 0 Å². The van der Waals surface area contributed by atoms with E-state index in [0.717, 1.165) is 5.56 Å². The Kier molecular flexibility index (Phi) is 4.93. The van der Waals surface area contributed by atoms with Gasteiger partial charge in [-0.1, -0.05) is 30.3 Å². The number of carbonyl (C=O) groups is 1. The number of benzene rings is 1. The van der Waals surface area contributed by atoms with Gasteiger partial charge in [0.25, 0.3) is 0 Å². The molecular formula is C16H20O7. The standard InChI is InChI=1S/C16H20O7/c1-9(17)21-14-12(18)13-11(22-16(14)19-2)8-20-15(23-13)10-6-4-3-5-7-10/h3-7,11-16,18H,8H2,1-2H3/t11?,12-,13?,14+,15?,16?/m0/s1. The molecule has 1 aromatic rings. The third kappa shape index (κ3) is 3.39. The molecule has 4 unspecified atom stereocenters. The van der Waals surface area contributed by atoms with E-state index >= 15 is 0 Å². The van der Waals surface area contributed by atoms with E-state index in [4.69, 9.17) is 23.7 Å². The van der Waals surface area contributed by atoms with Gasteiger partial charge in [-0.2, -0.15) is 0 Å². The summed E-state index contributed by atoms with van der Waals surface area (Å²) in [5.74, 6) is -0.523. The molecule has 7 heteroatoms. The minimum absolute atomic E-state index is 0.244. The van der Waals surface area contributed by atoms with E-state index < -0.39 is 43.0 Å². The fraction of sp³-hybridized carbons (Fsp3) is 0.562. The minimum Gasteiger partial charge on any atom is -0.454 e. The lowest BCUT2D eigenvalue weighted by molar-refractivity contribution is -0.358.